The zero-order chi connectivity index (χ0) is 11.6. The molecule has 0 amide bonds. The molecule has 0 saturated heterocycles. The molecule has 1 heterocycles. The normalized spacial score (nSPS) is 17.9. The Kier molecular flexibility index (Phi) is 2.99. The van der Waals surface area contributed by atoms with Crippen LogP contribution in [0.4, 0.5) is 5.82 Å². The molecular weight excluding hydrogens is 202 g/mol. The molecule has 88 valence electrons. The molecule has 0 unspecified atom stereocenters. The van der Waals surface area contributed by atoms with Gasteiger partial charge in [0.15, 0.2) is 0 Å². The summed E-state index contributed by atoms with van der Waals surface area (Å²) in [5, 5.41) is 3.43. The van der Waals surface area contributed by atoms with E-state index in [-0.39, 0.29) is 11.1 Å². The molecule has 1 saturated carbocycles. The molecule has 0 spiro atoms. The quantitative estimate of drug-likeness (QED) is 0.818. The summed E-state index contributed by atoms with van der Waals surface area (Å²) in [4.78, 5) is 18.5. The van der Waals surface area contributed by atoms with E-state index in [1.54, 1.807) is 6.07 Å². The van der Waals surface area contributed by atoms with E-state index in [1.807, 2.05) is 6.92 Å². The number of rotatable bonds is 4. The Balaban J connectivity index is 2.20. The van der Waals surface area contributed by atoms with Gasteiger partial charge < -0.3 is 10.3 Å². The van der Waals surface area contributed by atoms with E-state index in [1.165, 1.54) is 19.3 Å². The predicted octanol–water partition coefficient (Wildman–Crippen LogP) is 2.08. The maximum absolute atomic E-state index is 11.4. The molecule has 0 atom stereocenters. The molecular formula is C12H19N3O. The number of H-pyrrole nitrogens is 1. The molecule has 1 aromatic heterocycles. The topological polar surface area (TPSA) is 57.8 Å². The van der Waals surface area contributed by atoms with Crippen LogP contribution in [0.2, 0.25) is 0 Å². The Hall–Kier alpha value is -1.32. The molecule has 1 aliphatic rings. The van der Waals surface area contributed by atoms with E-state index in [2.05, 4.69) is 22.2 Å². The molecule has 0 bridgehead atoms. The number of hydrogen-bond acceptors (Lipinski definition) is 3. The minimum Gasteiger partial charge on any atom is -0.364 e. The maximum Gasteiger partial charge on any atom is 0.252 e. The van der Waals surface area contributed by atoms with Crippen molar-refractivity contribution in [3.8, 4) is 0 Å². The average molecular weight is 221 g/mol. The fourth-order valence-electron chi connectivity index (χ4n) is 2.18. The third kappa shape index (κ3) is 2.10. The second-order valence-electron chi connectivity index (χ2n) is 4.54. The van der Waals surface area contributed by atoms with E-state index >= 15 is 0 Å². The van der Waals surface area contributed by atoms with Gasteiger partial charge in [0, 0.05) is 18.0 Å². The Bertz CT molecular complexity index is 415. The Labute approximate surface area is 95.5 Å². The molecule has 4 heteroatoms. The lowest BCUT2D eigenvalue weighted by molar-refractivity contribution is 0.268. The minimum atomic E-state index is -0.0695. The lowest BCUT2D eigenvalue weighted by Crippen LogP contribution is -2.44. The van der Waals surface area contributed by atoms with Crippen LogP contribution in [0, 0.1) is 0 Å². The summed E-state index contributed by atoms with van der Waals surface area (Å²) in [5.41, 5.74) is 0.117. The number of anilines is 1. The van der Waals surface area contributed by atoms with Gasteiger partial charge in [0.1, 0.15) is 11.6 Å². The second kappa shape index (κ2) is 4.28. The maximum atomic E-state index is 11.4. The minimum absolute atomic E-state index is 0.0695. The molecule has 2 N–H and O–H groups in total. The first-order valence-corrected chi connectivity index (χ1v) is 6.06. The largest absolute Gasteiger partial charge is 0.364 e. The molecule has 4 nitrogen and oxygen atoms in total. The van der Waals surface area contributed by atoms with Crippen molar-refractivity contribution in [3.05, 3.63) is 22.2 Å². The number of hydrogen-bond donors (Lipinski definition) is 2. The fraction of sp³-hybridized carbons (Fsp3) is 0.667. The van der Waals surface area contributed by atoms with Crippen LogP contribution in [0.25, 0.3) is 0 Å². The molecule has 16 heavy (non-hydrogen) atoms. The monoisotopic (exact) mass is 221 g/mol. The predicted molar refractivity (Wildman–Crippen MR) is 64.7 cm³/mol. The summed E-state index contributed by atoms with van der Waals surface area (Å²) in [6, 6.07) is 1.55. The molecule has 2 rings (SSSR count). The van der Waals surface area contributed by atoms with Gasteiger partial charge in [0.2, 0.25) is 0 Å². The summed E-state index contributed by atoms with van der Waals surface area (Å²) in [7, 11) is 0. The first-order chi connectivity index (χ1) is 7.67. The van der Waals surface area contributed by atoms with E-state index in [0.717, 1.165) is 24.5 Å². The SMILES string of the molecule is CCc1nc(NC2(CC)CCC2)cc(=O)[nH]1. The highest BCUT2D eigenvalue weighted by Crippen LogP contribution is 2.37. The zero-order valence-electron chi connectivity index (χ0n) is 9.97. The van der Waals surface area contributed by atoms with Crippen molar-refractivity contribution in [2.75, 3.05) is 5.32 Å². The van der Waals surface area contributed by atoms with Crippen LogP contribution in [-0.2, 0) is 6.42 Å². The van der Waals surface area contributed by atoms with Crippen LogP contribution in [-0.4, -0.2) is 15.5 Å². The molecule has 0 radical (unpaired) electrons. The lowest BCUT2D eigenvalue weighted by Gasteiger charge is -2.42. The number of aromatic nitrogens is 2. The number of aromatic amines is 1. The molecule has 0 aliphatic heterocycles. The van der Waals surface area contributed by atoms with Crippen molar-refractivity contribution in [1.82, 2.24) is 9.97 Å². The third-order valence-electron chi connectivity index (χ3n) is 3.51. The zero-order valence-corrected chi connectivity index (χ0v) is 9.97. The average Bonchev–Trinajstić information content (AvgIpc) is 2.22. The summed E-state index contributed by atoms with van der Waals surface area (Å²) >= 11 is 0. The first kappa shape index (κ1) is 11.2. The van der Waals surface area contributed by atoms with Gasteiger partial charge in [0.05, 0.1) is 0 Å². The first-order valence-electron chi connectivity index (χ1n) is 6.06. The van der Waals surface area contributed by atoms with Crippen molar-refractivity contribution >= 4 is 5.82 Å². The number of nitrogens with zero attached hydrogens (tertiary/aromatic N) is 1. The second-order valence-corrected chi connectivity index (χ2v) is 4.54. The van der Waals surface area contributed by atoms with E-state index in [4.69, 9.17) is 0 Å². The van der Waals surface area contributed by atoms with Crippen LogP contribution < -0.4 is 10.9 Å². The van der Waals surface area contributed by atoms with E-state index in [0.29, 0.717) is 0 Å². The summed E-state index contributed by atoms with van der Waals surface area (Å²) in [6.45, 7) is 4.17. The fourth-order valence-corrected chi connectivity index (χ4v) is 2.18. The van der Waals surface area contributed by atoms with Gasteiger partial charge in [-0.15, -0.1) is 0 Å². The van der Waals surface area contributed by atoms with Crippen LogP contribution >= 0.6 is 0 Å². The van der Waals surface area contributed by atoms with E-state index < -0.39 is 0 Å². The molecule has 1 aromatic rings. The van der Waals surface area contributed by atoms with Crippen LogP contribution in [0.5, 0.6) is 0 Å². The molecule has 0 aromatic carbocycles. The van der Waals surface area contributed by atoms with Gasteiger partial charge in [-0.3, -0.25) is 4.79 Å². The van der Waals surface area contributed by atoms with Crippen molar-refractivity contribution in [1.29, 1.82) is 0 Å². The summed E-state index contributed by atoms with van der Waals surface area (Å²) in [5.74, 6) is 1.47. The smallest absolute Gasteiger partial charge is 0.252 e. The van der Waals surface area contributed by atoms with Gasteiger partial charge in [-0.1, -0.05) is 13.8 Å². The van der Waals surface area contributed by atoms with Gasteiger partial charge in [0.25, 0.3) is 5.56 Å². The Morgan fingerprint density at radius 3 is 2.75 bits per heavy atom. The molecule has 1 fully saturated rings. The highest BCUT2D eigenvalue weighted by atomic mass is 16.1. The van der Waals surface area contributed by atoms with Crippen LogP contribution in [0.3, 0.4) is 0 Å². The number of aryl methyl sites for hydroxylation is 1. The third-order valence-corrected chi connectivity index (χ3v) is 3.51. The highest BCUT2D eigenvalue weighted by Gasteiger charge is 2.35. The molecule has 1 aliphatic carbocycles. The summed E-state index contributed by atoms with van der Waals surface area (Å²) in [6.07, 6.45) is 5.47. The number of nitrogens with one attached hydrogen (secondary N) is 2. The highest BCUT2D eigenvalue weighted by molar-refractivity contribution is 5.37. The van der Waals surface area contributed by atoms with Crippen molar-refractivity contribution in [2.45, 2.75) is 51.5 Å². The van der Waals surface area contributed by atoms with Gasteiger partial charge in [-0.25, -0.2) is 4.98 Å². The van der Waals surface area contributed by atoms with Crippen LogP contribution in [0.1, 0.15) is 45.4 Å². The lowest BCUT2D eigenvalue weighted by atomic mass is 9.75. The summed E-state index contributed by atoms with van der Waals surface area (Å²) < 4.78 is 0. The van der Waals surface area contributed by atoms with Crippen molar-refractivity contribution < 1.29 is 0 Å². The van der Waals surface area contributed by atoms with Crippen LogP contribution in [0.15, 0.2) is 10.9 Å². The van der Waals surface area contributed by atoms with Gasteiger partial charge in [-0.05, 0) is 25.7 Å². The van der Waals surface area contributed by atoms with Gasteiger partial charge >= 0.3 is 0 Å². The van der Waals surface area contributed by atoms with E-state index in [9.17, 15) is 4.79 Å². The van der Waals surface area contributed by atoms with Gasteiger partial charge in [-0.2, -0.15) is 0 Å². The van der Waals surface area contributed by atoms with Crippen molar-refractivity contribution in [2.24, 2.45) is 0 Å². The Morgan fingerprint density at radius 2 is 2.25 bits per heavy atom. The van der Waals surface area contributed by atoms with Crippen molar-refractivity contribution in [3.63, 3.8) is 0 Å². The Morgan fingerprint density at radius 1 is 1.50 bits per heavy atom. The standard InChI is InChI=1S/C12H19N3O/c1-3-9-13-10(8-11(16)14-9)15-12(4-2)6-5-7-12/h8H,3-7H2,1-2H3,(H2,13,14,15,16).